The second kappa shape index (κ2) is 7.30. The van der Waals surface area contributed by atoms with E-state index in [0.29, 0.717) is 5.56 Å². The smallest absolute Gasteiger partial charge is 0.253 e. The van der Waals surface area contributed by atoms with Gasteiger partial charge in [-0.1, -0.05) is 30.3 Å². The van der Waals surface area contributed by atoms with E-state index in [1.807, 2.05) is 54.0 Å². The predicted octanol–water partition coefficient (Wildman–Crippen LogP) is 3.21. The minimum Gasteiger partial charge on any atom is -0.344 e. The number of pyridine rings is 1. The highest BCUT2D eigenvalue weighted by Gasteiger charge is 2.21. The number of aryl methyl sites for hydroxylation is 1. The number of aromatic nitrogens is 2. The van der Waals surface area contributed by atoms with E-state index in [9.17, 15) is 4.79 Å². The van der Waals surface area contributed by atoms with Gasteiger partial charge in [-0.25, -0.2) is 4.98 Å². The number of carbonyl (C=O) groups is 1. The number of fused-ring (bicyclic) bond motifs is 1. The number of hydrogen-bond acceptors (Lipinski definition) is 3. The zero-order chi connectivity index (χ0) is 17.9. The number of imidazole rings is 1. The summed E-state index contributed by atoms with van der Waals surface area (Å²) in [5.74, 6) is -0.0497. The molecule has 0 unspecified atom stereocenters. The Bertz CT molecular complexity index is 897. The fraction of sp³-hybridized carbons (Fsp3) is 0.333. The van der Waals surface area contributed by atoms with Crippen molar-refractivity contribution in [1.29, 1.82) is 0 Å². The molecule has 1 saturated heterocycles. The van der Waals surface area contributed by atoms with E-state index < -0.39 is 0 Å². The van der Waals surface area contributed by atoms with Crippen molar-refractivity contribution in [3.05, 3.63) is 71.7 Å². The highest BCUT2D eigenvalue weighted by molar-refractivity contribution is 5.94. The van der Waals surface area contributed by atoms with E-state index >= 15 is 0 Å². The summed E-state index contributed by atoms with van der Waals surface area (Å²) in [7, 11) is 0. The molecule has 1 amide bonds. The van der Waals surface area contributed by atoms with Gasteiger partial charge in [-0.2, -0.15) is 0 Å². The molecule has 0 radical (unpaired) electrons. The van der Waals surface area contributed by atoms with E-state index in [1.165, 1.54) is 12.8 Å². The van der Waals surface area contributed by atoms with Crippen LogP contribution in [0.5, 0.6) is 0 Å². The van der Waals surface area contributed by atoms with E-state index in [1.54, 1.807) is 0 Å². The molecule has 1 aliphatic rings. The number of likely N-dealkylation sites (tertiary alicyclic amines) is 1. The van der Waals surface area contributed by atoms with Gasteiger partial charge in [0.2, 0.25) is 0 Å². The summed E-state index contributed by atoms with van der Waals surface area (Å²) in [4.78, 5) is 19.7. The third-order valence-electron chi connectivity index (χ3n) is 4.98. The lowest BCUT2D eigenvalue weighted by Gasteiger charge is -2.25. The summed E-state index contributed by atoms with van der Waals surface area (Å²) < 4.78 is 1.91. The van der Waals surface area contributed by atoms with Crippen LogP contribution in [0.1, 0.15) is 40.5 Å². The van der Waals surface area contributed by atoms with Gasteiger partial charge in [-0.3, -0.25) is 4.79 Å². The Balaban J connectivity index is 1.55. The molecule has 0 bridgehead atoms. The zero-order valence-corrected chi connectivity index (χ0v) is 15.1. The third kappa shape index (κ3) is 3.63. The molecule has 0 aliphatic carbocycles. The number of amides is 1. The van der Waals surface area contributed by atoms with Crippen LogP contribution >= 0.6 is 0 Å². The van der Waals surface area contributed by atoms with Crippen LogP contribution in [-0.4, -0.2) is 39.8 Å². The first-order valence-electron chi connectivity index (χ1n) is 9.22. The first-order valence-corrected chi connectivity index (χ1v) is 9.22. The molecule has 1 fully saturated rings. The molecule has 1 aliphatic heterocycles. The molecule has 2 aromatic heterocycles. The van der Waals surface area contributed by atoms with Crippen LogP contribution in [0.25, 0.3) is 5.65 Å². The second-order valence-electron chi connectivity index (χ2n) is 7.01. The van der Waals surface area contributed by atoms with Gasteiger partial charge in [-0.05, 0) is 50.6 Å². The Morgan fingerprint density at radius 3 is 2.65 bits per heavy atom. The highest BCUT2D eigenvalue weighted by Crippen LogP contribution is 2.18. The van der Waals surface area contributed by atoms with Crippen molar-refractivity contribution in [3.8, 4) is 0 Å². The maximum absolute atomic E-state index is 12.9. The Labute approximate surface area is 153 Å². The molecule has 0 spiro atoms. The first kappa shape index (κ1) is 16.8. The zero-order valence-electron chi connectivity index (χ0n) is 15.1. The summed E-state index contributed by atoms with van der Waals surface area (Å²) in [5.41, 5.74) is 3.60. The maximum atomic E-state index is 12.9. The van der Waals surface area contributed by atoms with Crippen molar-refractivity contribution in [2.45, 2.75) is 25.8 Å². The van der Waals surface area contributed by atoms with Gasteiger partial charge in [0.25, 0.3) is 5.91 Å². The number of rotatable bonds is 5. The van der Waals surface area contributed by atoms with E-state index in [-0.39, 0.29) is 11.9 Å². The average Bonchev–Trinajstić information content (AvgIpc) is 3.29. The number of hydrogen-bond donors (Lipinski definition) is 1. The van der Waals surface area contributed by atoms with E-state index in [2.05, 4.69) is 27.3 Å². The van der Waals surface area contributed by atoms with Crippen molar-refractivity contribution in [2.24, 2.45) is 0 Å². The summed E-state index contributed by atoms with van der Waals surface area (Å²) in [6.45, 7) is 5.02. The van der Waals surface area contributed by atoms with Gasteiger partial charge < -0.3 is 14.6 Å². The lowest BCUT2D eigenvalue weighted by atomic mass is 10.1. The monoisotopic (exact) mass is 348 g/mol. The molecule has 1 N–H and O–H groups in total. The van der Waals surface area contributed by atoms with Crippen LogP contribution in [0, 0.1) is 6.92 Å². The largest absolute Gasteiger partial charge is 0.344 e. The molecule has 1 atom stereocenters. The molecule has 3 heterocycles. The van der Waals surface area contributed by atoms with Crippen molar-refractivity contribution < 1.29 is 4.79 Å². The summed E-state index contributed by atoms with van der Waals surface area (Å²) in [5, 5.41) is 3.23. The van der Waals surface area contributed by atoms with Gasteiger partial charge in [0.05, 0.1) is 17.3 Å². The summed E-state index contributed by atoms with van der Waals surface area (Å²) >= 11 is 0. The summed E-state index contributed by atoms with van der Waals surface area (Å²) in [6, 6.07) is 14.0. The van der Waals surface area contributed by atoms with Crippen molar-refractivity contribution >= 4 is 11.6 Å². The van der Waals surface area contributed by atoms with Crippen molar-refractivity contribution in [2.75, 3.05) is 19.6 Å². The van der Waals surface area contributed by atoms with Gasteiger partial charge in [0.1, 0.15) is 5.65 Å². The molecule has 4 rings (SSSR count). The van der Waals surface area contributed by atoms with Crippen molar-refractivity contribution in [1.82, 2.24) is 19.6 Å². The second-order valence-corrected chi connectivity index (χ2v) is 7.01. The third-order valence-corrected chi connectivity index (χ3v) is 4.98. The number of nitrogens with zero attached hydrogens (tertiary/aromatic N) is 3. The minimum absolute atomic E-state index is 0.0120. The van der Waals surface area contributed by atoms with Gasteiger partial charge in [0.15, 0.2) is 0 Å². The fourth-order valence-electron chi connectivity index (χ4n) is 3.64. The maximum Gasteiger partial charge on any atom is 0.253 e. The molecule has 0 saturated carbocycles. The Kier molecular flexibility index (Phi) is 4.71. The van der Waals surface area contributed by atoms with Crippen molar-refractivity contribution in [3.63, 3.8) is 0 Å². The highest BCUT2D eigenvalue weighted by atomic mass is 16.1. The molecular formula is C21H24N4O. The molecular weight excluding hydrogens is 324 g/mol. The van der Waals surface area contributed by atoms with Crippen LogP contribution < -0.4 is 5.32 Å². The van der Waals surface area contributed by atoms with Gasteiger partial charge >= 0.3 is 0 Å². The normalized spacial score (nSPS) is 16.0. The molecule has 5 nitrogen and oxygen atoms in total. The number of carbonyl (C=O) groups excluding carboxylic acids is 1. The van der Waals surface area contributed by atoms with Crippen LogP contribution in [-0.2, 0) is 0 Å². The number of benzene rings is 1. The molecule has 3 aromatic rings. The van der Waals surface area contributed by atoms with Gasteiger partial charge in [-0.15, -0.1) is 0 Å². The van der Waals surface area contributed by atoms with Crippen LogP contribution in [0.4, 0.5) is 0 Å². The van der Waals surface area contributed by atoms with Crippen LogP contribution in [0.2, 0.25) is 0 Å². The Morgan fingerprint density at radius 1 is 1.12 bits per heavy atom. The Hall–Kier alpha value is -2.66. The lowest BCUT2D eigenvalue weighted by molar-refractivity contribution is 0.0926. The molecule has 26 heavy (non-hydrogen) atoms. The summed E-state index contributed by atoms with van der Waals surface area (Å²) in [6.07, 6.45) is 6.27. The van der Waals surface area contributed by atoms with Crippen LogP contribution in [0.3, 0.4) is 0 Å². The minimum atomic E-state index is -0.0497. The quantitative estimate of drug-likeness (QED) is 0.770. The van der Waals surface area contributed by atoms with E-state index in [0.717, 1.165) is 36.5 Å². The topological polar surface area (TPSA) is 49.6 Å². The molecule has 134 valence electrons. The SMILES string of the molecule is Cc1cn2cc(C(=O)N[C@@H](CN3CCCC3)c3ccccc3)ccc2n1. The van der Waals surface area contributed by atoms with E-state index in [4.69, 9.17) is 0 Å². The Morgan fingerprint density at radius 2 is 1.88 bits per heavy atom. The predicted molar refractivity (Wildman–Crippen MR) is 102 cm³/mol. The molecule has 5 heteroatoms. The standard InChI is InChI=1S/C21H24N4O/c1-16-13-25-14-18(9-10-20(25)22-16)21(26)23-19(15-24-11-5-6-12-24)17-7-3-2-4-8-17/h2-4,7-10,13-14,19H,5-6,11-12,15H2,1H3,(H,23,26)/t19-/m0/s1. The van der Waals surface area contributed by atoms with Crippen LogP contribution in [0.15, 0.2) is 54.9 Å². The molecule has 1 aromatic carbocycles. The lowest BCUT2D eigenvalue weighted by Crippen LogP contribution is -2.37. The number of nitrogens with one attached hydrogen (secondary N) is 1. The average molecular weight is 348 g/mol. The van der Waals surface area contributed by atoms with Gasteiger partial charge in [0, 0.05) is 18.9 Å². The first-order chi connectivity index (χ1) is 12.7. The fourth-order valence-corrected chi connectivity index (χ4v) is 3.64.